The molecule has 1 aromatic rings. The lowest BCUT2D eigenvalue weighted by Crippen LogP contribution is -2.32. The number of nitrogen functional groups attached to an aromatic ring is 1. The van der Waals surface area contributed by atoms with Crippen molar-refractivity contribution >= 4 is 5.69 Å². The molecule has 21 heavy (non-hydrogen) atoms. The largest absolute Gasteiger partial charge is 0.399 e. The molecular weight excluding hydrogens is 262 g/mol. The number of likely N-dealkylation sites (N-methyl/N-ethyl adjacent to an activating group) is 1. The van der Waals surface area contributed by atoms with Crippen molar-refractivity contribution in [3.63, 3.8) is 0 Å². The zero-order chi connectivity index (χ0) is 15.7. The topological polar surface area (TPSA) is 52.7 Å². The number of rotatable bonds is 10. The molecule has 4 nitrogen and oxygen atoms in total. The second-order valence-electron chi connectivity index (χ2n) is 5.46. The summed E-state index contributed by atoms with van der Waals surface area (Å²) in [7, 11) is 0. The lowest BCUT2D eigenvalue weighted by Gasteiger charge is -2.25. The van der Waals surface area contributed by atoms with E-state index in [1.54, 1.807) is 0 Å². The van der Waals surface area contributed by atoms with Crippen LogP contribution in [-0.4, -0.2) is 54.2 Å². The number of nitrogens with two attached hydrogens (primary N) is 1. The van der Waals surface area contributed by atoms with E-state index < -0.39 is 6.10 Å². The minimum absolute atomic E-state index is 0.470. The van der Waals surface area contributed by atoms with Gasteiger partial charge in [-0.3, -0.25) is 0 Å². The second kappa shape index (κ2) is 9.77. The summed E-state index contributed by atoms with van der Waals surface area (Å²) in [6.07, 6.45) is 0.668. The maximum atomic E-state index is 10.3. The van der Waals surface area contributed by atoms with Crippen molar-refractivity contribution in [2.45, 2.75) is 33.3 Å². The Morgan fingerprint density at radius 3 is 2.24 bits per heavy atom. The molecule has 0 spiro atoms. The van der Waals surface area contributed by atoms with E-state index >= 15 is 0 Å². The first kappa shape index (κ1) is 18.0. The van der Waals surface area contributed by atoms with Crippen molar-refractivity contribution in [3.05, 3.63) is 29.8 Å². The maximum Gasteiger partial charge on any atom is 0.0917 e. The van der Waals surface area contributed by atoms with Crippen LogP contribution in [0.2, 0.25) is 0 Å². The van der Waals surface area contributed by atoms with E-state index in [4.69, 9.17) is 5.73 Å². The molecule has 0 heterocycles. The van der Waals surface area contributed by atoms with E-state index in [9.17, 15) is 5.11 Å². The Labute approximate surface area is 129 Å². The molecule has 1 unspecified atom stereocenters. The highest BCUT2D eigenvalue weighted by molar-refractivity contribution is 5.41. The first-order chi connectivity index (χ1) is 10.1. The van der Waals surface area contributed by atoms with Crippen LogP contribution in [0.25, 0.3) is 0 Å². The fraction of sp³-hybridized carbons (Fsp3) is 0.647. The third-order valence-electron chi connectivity index (χ3n) is 4.02. The number of hydrogen-bond acceptors (Lipinski definition) is 4. The highest BCUT2D eigenvalue weighted by Gasteiger charge is 2.12. The van der Waals surface area contributed by atoms with Gasteiger partial charge in [-0.1, -0.05) is 32.9 Å². The quantitative estimate of drug-likeness (QED) is 0.650. The predicted molar refractivity (Wildman–Crippen MR) is 90.3 cm³/mol. The summed E-state index contributed by atoms with van der Waals surface area (Å²) in [4.78, 5) is 4.74. The van der Waals surface area contributed by atoms with Gasteiger partial charge in [0.2, 0.25) is 0 Å². The fourth-order valence-electron chi connectivity index (χ4n) is 2.55. The SMILES string of the molecule is CCN(CC)CCCN(CC)CC(O)c1cccc(N)c1. The summed E-state index contributed by atoms with van der Waals surface area (Å²) in [5.41, 5.74) is 7.38. The standard InChI is InChI=1S/C17H31N3O/c1-4-19(5-2)11-8-12-20(6-3)14-17(21)15-9-7-10-16(18)13-15/h7,9-10,13,17,21H,4-6,8,11-12,14,18H2,1-3H3. The smallest absolute Gasteiger partial charge is 0.0917 e. The Hall–Kier alpha value is -1.10. The summed E-state index contributed by atoms with van der Waals surface area (Å²) in [5.74, 6) is 0. The number of aliphatic hydroxyl groups excluding tert-OH is 1. The van der Waals surface area contributed by atoms with Gasteiger partial charge in [0.1, 0.15) is 0 Å². The second-order valence-corrected chi connectivity index (χ2v) is 5.46. The van der Waals surface area contributed by atoms with E-state index in [1.807, 2.05) is 24.3 Å². The Morgan fingerprint density at radius 2 is 1.67 bits per heavy atom. The number of hydrogen-bond donors (Lipinski definition) is 2. The van der Waals surface area contributed by atoms with Gasteiger partial charge in [0.05, 0.1) is 6.10 Å². The summed E-state index contributed by atoms with van der Waals surface area (Å²) in [6, 6.07) is 7.53. The first-order valence-corrected chi connectivity index (χ1v) is 8.08. The lowest BCUT2D eigenvalue weighted by atomic mass is 10.1. The molecular formula is C17H31N3O. The van der Waals surface area contributed by atoms with E-state index in [-0.39, 0.29) is 0 Å². The average Bonchev–Trinajstić information content (AvgIpc) is 2.50. The van der Waals surface area contributed by atoms with E-state index in [1.165, 1.54) is 0 Å². The van der Waals surface area contributed by atoms with Crippen LogP contribution in [0.15, 0.2) is 24.3 Å². The molecule has 0 saturated carbocycles. The number of benzene rings is 1. The van der Waals surface area contributed by atoms with E-state index in [0.717, 1.165) is 44.7 Å². The molecule has 3 N–H and O–H groups in total. The van der Waals surface area contributed by atoms with Crippen LogP contribution in [0.1, 0.15) is 38.9 Å². The molecule has 0 aliphatic rings. The molecule has 1 rings (SSSR count). The summed E-state index contributed by atoms with van der Waals surface area (Å²) >= 11 is 0. The van der Waals surface area contributed by atoms with Crippen LogP contribution in [0.4, 0.5) is 5.69 Å². The van der Waals surface area contributed by atoms with Crippen molar-refractivity contribution in [2.75, 3.05) is 45.0 Å². The molecule has 0 aromatic heterocycles. The normalized spacial score (nSPS) is 13.0. The molecule has 4 heteroatoms. The summed E-state index contributed by atoms with van der Waals surface area (Å²) in [5, 5.41) is 10.3. The minimum atomic E-state index is -0.470. The van der Waals surface area contributed by atoms with Crippen LogP contribution in [0, 0.1) is 0 Å². The van der Waals surface area contributed by atoms with Gasteiger partial charge in [0.15, 0.2) is 0 Å². The molecule has 1 aromatic carbocycles. The zero-order valence-corrected chi connectivity index (χ0v) is 13.8. The van der Waals surface area contributed by atoms with Crippen molar-refractivity contribution < 1.29 is 5.11 Å². The van der Waals surface area contributed by atoms with Crippen LogP contribution >= 0.6 is 0 Å². The molecule has 0 fully saturated rings. The van der Waals surface area contributed by atoms with Gasteiger partial charge in [-0.25, -0.2) is 0 Å². The Bertz CT molecular complexity index is 393. The fourth-order valence-corrected chi connectivity index (χ4v) is 2.55. The predicted octanol–water partition coefficient (Wildman–Crippen LogP) is 2.36. The molecule has 0 aliphatic heterocycles. The third kappa shape index (κ3) is 6.46. The Morgan fingerprint density at radius 1 is 1.05 bits per heavy atom. The van der Waals surface area contributed by atoms with Crippen molar-refractivity contribution in [1.29, 1.82) is 0 Å². The maximum absolute atomic E-state index is 10.3. The van der Waals surface area contributed by atoms with E-state index in [0.29, 0.717) is 12.2 Å². The summed E-state index contributed by atoms with van der Waals surface area (Å²) in [6.45, 7) is 12.5. The molecule has 120 valence electrons. The molecule has 0 saturated heterocycles. The van der Waals surface area contributed by atoms with Gasteiger partial charge in [-0.05, 0) is 56.8 Å². The van der Waals surface area contributed by atoms with Crippen LogP contribution in [0.5, 0.6) is 0 Å². The monoisotopic (exact) mass is 293 g/mol. The van der Waals surface area contributed by atoms with E-state index in [2.05, 4.69) is 30.6 Å². The highest BCUT2D eigenvalue weighted by atomic mass is 16.3. The number of anilines is 1. The van der Waals surface area contributed by atoms with Crippen molar-refractivity contribution in [3.8, 4) is 0 Å². The number of nitrogens with zero attached hydrogens (tertiary/aromatic N) is 2. The van der Waals surface area contributed by atoms with Gasteiger partial charge in [0.25, 0.3) is 0 Å². The first-order valence-electron chi connectivity index (χ1n) is 8.08. The molecule has 0 radical (unpaired) electrons. The molecule has 0 aliphatic carbocycles. The minimum Gasteiger partial charge on any atom is -0.399 e. The lowest BCUT2D eigenvalue weighted by molar-refractivity contribution is 0.113. The van der Waals surface area contributed by atoms with Gasteiger partial charge < -0.3 is 20.6 Å². The molecule has 0 bridgehead atoms. The van der Waals surface area contributed by atoms with Crippen LogP contribution < -0.4 is 5.73 Å². The molecule has 0 amide bonds. The molecule has 1 atom stereocenters. The number of aliphatic hydroxyl groups is 1. The third-order valence-corrected chi connectivity index (χ3v) is 4.02. The van der Waals surface area contributed by atoms with Crippen molar-refractivity contribution in [2.24, 2.45) is 0 Å². The Balaban J connectivity index is 2.42. The Kier molecular flexibility index (Phi) is 8.35. The summed E-state index contributed by atoms with van der Waals surface area (Å²) < 4.78 is 0. The van der Waals surface area contributed by atoms with Crippen LogP contribution in [-0.2, 0) is 0 Å². The van der Waals surface area contributed by atoms with Gasteiger partial charge in [-0.2, -0.15) is 0 Å². The highest BCUT2D eigenvalue weighted by Crippen LogP contribution is 2.17. The average molecular weight is 293 g/mol. The van der Waals surface area contributed by atoms with Crippen LogP contribution in [0.3, 0.4) is 0 Å². The van der Waals surface area contributed by atoms with Crippen molar-refractivity contribution in [1.82, 2.24) is 9.80 Å². The van der Waals surface area contributed by atoms with Gasteiger partial charge >= 0.3 is 0 Å². The van der Waals surface area contributed by atoms with Gasteiger partial charge in [-0.15, -0.1) is 0 Å². The van der Waals surface area contributed by atoms with Gasteiger partial charge in [0, 0.05) is 12.2 Å². The zero-order valence-electron chi connectivity index (χ0n) is 13.8.